The molecule has 0 heterocycles. The predicted molar refractivity (Wildman–Crippen MR) is 127 cm³/mol. The van der Waals surface area contributed by atoms with Crippen molar-refractivity contribution in [3.8, 4) is 0 Å². The van der Waals surface area contributed by atoms with E-state index in [1.807, 2.05) is 0 Å². The fourth-order valence-corrected chi connectivity index (χ4v) is 9.90. The third-order valence-electron chi connectivity index (χ3n) is 11.7. The van der Waals surface area contributed by atoms with E-state index in [2.05, 4.69) is 55.0 Å². The van der Waals surface area contributed by atoms with Crippen LogP contribution in [0.1, 0.15) is 106 Å². The molecule has 0 aliphatic heterocycles. The Morgan fingerprint density at radius 1 is 0.897 bits per heavy atom. The van der Waals surface area contributed by atoms with Crippen LogP contribution in [0.2, 0.25) is 0 Å². The van der Waals surface area contributed by atoms with E-state index in [1.54, 1.807) is 0 Å². The molecular weight excluding hydrogens is 348 g/mol. The van der Waals surface area contributed by atoms with Gasteiger partial charge in [-0.3, -0.25) is 0 Å². The molecule has 0 aromatic heterocycles. The van der Waals surface area contributed by atoms with Crippen molar-refractivity contribution in [2.24, 2.45) is 64.1 Å². The first kappa shape index (κ1) is 22.0. The van der Waals surface area contributed by atoms with Crippen LogP contribution < -0.4 is 0 Å². The van der Waals surface area contributed by atoms with E-state index >= 15 is 0 Å². The third-order valence-corrected chi connectivity index (χ3v) is 11.7. The summed E-state index contributed by atoms with van der Waals surface area (Å²) in [6.45, 7) is 22.3. The largest absolute Gasteiger partial charge is 0.100 e. The highest BCUT2D eigenvalue weighted by atomic mass is 14.7. The Balaban J connectivity index is 1.59. The summed E-state index contributed by atoms with van der Waals surface area (Å²) < 4.78 is 0. The van der Waals surface area contributed by atoms with Crippen LogP contribution in [0, 0.1) is 64.1 Å². The van der Waals surface area contributed by atoms with Crippen molar-refractivity contribution < 1.29 is 0 Å². The summed E-state index contributed by atoms with van der Waals surface area (Å²) in [5, 5.41) is 0. The Morgan fingerprint density at radius 3 is 2.24 bits per heavy atom. The van der Waals surface area contributed by atoms with Gasteiger partial charge in [0, 0.05) is 0 Å². The molecule has 0 saturated heterocycles. The number of rotatable bonds is 4. The van der Waals surface area contributed by atoms with Crippen molar-refractivity contribution in [1.82, 2.24) is 0 Å². The smallest absolute Gasteiger partial charge is 0.0264 e. The number of hydrogen-bond donors (Lipinski definition) is 0. The normalized spacial score (nSPS) is 52.9. The number of fused-ring (bicyclic) bond motifs is 5. The van der Waals surface area contributed by atoms with Crippen molar-refractivity contribution in [3.63, 3.8) is 0 Å². The van der Waals surface area contributed by atoms with Crippen LogP contribution in [0.15, 0.2) is 12.2 Å². The second-order valence-corrected chi connectivity index (χ2v) is 13.2. The molecule has 0 heteroatoms. The van der Waals surface area contributed by atoms with Crippen molar-refractivity contribution in [2.75, 3.05) is 0 Å². The zero-order chi connectivity index (χ0) is 21.1. The molecule has 4 saturated carbocycles. The van der Waals surface area contributed by atoms with Crippen molar-refractivity contribution in [1.29, 1.82) is 0 Å². The molecule has 4 fully saturated rings. The van der Waals surface area contributed by atoms with Gasteiger partial charge < -0.3 is 0 Å². The minimum absolute atomic E-state index is 0.606. The summed E-state index contributed by atoms with van der Waals surface area (Å²) in [6, 6.07) is 0. The highest BCUT2D eigenvalue weighted by Crippen LogP contribution is 2.70. The highest BCUT2D eigenvalue weighted by molar-refractivity contribution is 5.12. The third kappa shape index (κ3) is 3.38. The lowest BCUT2D eigenvalue weighted by atomic mass is 9.40. The van der Waals surface area contributed by atoms with E-state index in [0.717, 1.165) is 53.3 Å². The Kier molecular flexibility index (Phi) is 5.83. The molecule has 0 spiro atoms. The van der Waals surface area contributed by atoms with Crippen LogP contribution >= 0.6 is 0 Å². The zero-order valence-electron chi connectivity index (χ0n) is 20.8. The Labute approximate surface area is 182 Å². The van der Waals surface area contributed by atoms with Crippen LogP contribution in [-0.2, 0) is 0 Å². The van der Waals surface area contributed by atoms with Gasteiger partial charge >= 0.3 is 0 Å². The molecule has 0 aromatic carbocycles. The van der Waals surface area contributed by atoms with Crippen LogP contribution in [0.5, 0.6) is 0 Å². The minimum Gasteiger partial charge on any atom is -0.100 e. The lowest BCUT2D eigenvalue weighted by Gasteiger charge is -2.65. The monoisotopic (exact) mass is 398 g/mol. The lowest BCUT2D eigenvalue weighted by molar-refractivity contribution is -0.166. The van der Waals surface area contributed by atoms with Gasteiger partial charge in [0.15, 0.2) is 0 Å². The fourth-order valence-electron chi connectivity index (χ4n) is 9.90. The molecule has 11 atom stereocenters. The molecule has 11 unspecified atom stereocenters. The van der Waals surface area contributed by atoms with Crippen LogP contribution in [0.3, 0.4) is 0 Å². The minimum atomic E-state index is 0.606. The van der Waals surface area contributed by atoms with E-state index in [9.17, 15) is 0 Å². The average Bonchev–Trinajstić information content (AvgIpc) is 3.02. The summed E-state index contributed by atoms with van der Waals surface area (Å²) >= 11 is 0. The molecular formula is C29H50. The van der Waals surface area contributed by atoms with Crippen LogP contribution in [0.25, 0.3) is 0 Å². The van der Waals surface area contributed by atoms with E-state index in [4.69, 9.17) is 0 Å². The maximum Gasteiger partial charge on any atom is -0.0264 e. The number of hydrogen-bond acceptors (Lipinski definition) is 0. The van der Waals surface area contributed by atoms with Gasteiger partial charge in [-0.1, -0.05) is 53.5 Å². The maximum absolute atomic E-state index is 4.18. The Morgan fingerprint density at radius 2 is 1.55 bits per heavy atom. The van der Waals surface area contributed by atoms with E-state index < -0.39 is 0 Å². The first-order valence-electron chi connectivity index (χ1n) is 13.2. The van der Waals surface area contributed by atoms with Gasteiger partial charge in [0.2, 0.25) is 0 Å². The molecule has 0 nitrogen and oxygen atoms in total. The molecule has 0 amide bonds. The summed E-state index contributed by atoms with van der Waals surface area (Å²) in [5.74, 6) is 8.61. The van der Waals surface area contributed by atoms with Gasteiger partial charge in [0.25, 0.3) is 0 Å². The molecule has 0 bridgehead atoms. The first-order chi connectivity index (χ1) is 13.6. The SMILES string of the molecule is C=C(C)CCC(C)C1CCC2C3C(C)C(C)C4CC(C)CCC4(C)C3CCC12C. The summed E-state index contributed by atoms with van der Waals surface area (Å²) in [4.78, 5) is 0. The fraction of sp³-hybridized carbons (Fsp3) is 0.931. The molecule has 4 aliphatic rings. The maximum atomic E-state index is 4.18. The predicted octanol–water partition coefficient (Wildman–Crippen LogP) is 8.77. The number of allylic oxidation sites excluding steroid dienone is 1. The van der Waals surface area contributed by atoms with Gasteiger partial charge in [-0.25, -0.2) is 0 Å². The molecule has 29 heavy (non-hydrogen) atoms. The standard InChI is InChI=1S/C29H50/c1-18(2)9-10-20(4)23-11-12-24-27-22(6)21(5)26-17-19(3)13-15-29(26,8)25(27)14-16-28(23,24)7/h19-27H,1,9-17H2,2-8H3. The van der Waals surface area contributed by atoms with Crippen molar-refractivity contribution in [2.45, 2.75) is 106 Å². The highest BCUT2D eigenvalue weighted by Gasteiger charge is 2.63. The first-order valence-corrected chi connectivity index (χ1v) is 13.2. The molecule has 4 rings (SSSR count). The lowest BCUT2D eigenvalue weighted by Crippen LogP contribution is -2.58. The van der Waals surface area contributed by atoms with Gasteiger partial charge in [-0.05, 0) is 122 Å². The Hall–Kier alpha value is -0.260. The second kappa shape index (κ2) is 7.70. The molecule has 0 N–H and O–H groups in total. The summed E-state index contributed by atoms with van der Waals surface area (Å²) in [5.41, 5.74) is 2.61. The van der Waals surface area contributed by atoms with Crippen molar-refractivity contribution in [3.05, 3.63) is 12.2 Å². The molecule has 0 radical (unpaired) electrons. The van der Waals surface area contributed by atoms with Gasteiger partial charge in [-0.2, -0.15) is 0 Å². The molecule has 166 valence electrons. The summed E-state index contributed by atoms with van der Waals surface area (Å²) in [6.07, 6.45) is 13.2. The van der Waals surface area contributed by atoms with Gasteiger partial charge in [0.05, 0.1) is 0 Å². The van der Waals surface area contributed by atoms with Crippen LogP contribution in [-0.4, -0.2) is 0 Å². The van der Waals surface area contributed by atoms with Gasteiger partial charge in [0.1, 0.15) is 0 Å². The Bertz CT molecular complexity index is 618. The van der Waals surface area contributed by atoms with E-state index in [1.165, 1.54) is 63.4 Å². The second-order valence-electron chi connectivity index (χ2n) is 13.2. The van der Waals surface area contributed by atoms with E-state index in [-0.39, 0.29) is 0 Å². The van der Waals surface area contributed by atoms with Crippen LogP contribution in [0.4, 0.5) is 0 Å². The molecule has 0 aromatic rings. The summed E-state index contributed by atoms with van der Waals surface area (Å²) in [7, 11) is 0. The van der Waals surface area contributed by atoms with E-state index in [0.29, 0.717) is 10.8 Å². The topological polar surface area (TPSA) is 0 Å². The van der Waals surface area contributed by atoms with Crippen molar-refractivity contribution >= 4 is 0 Å². The van der Waals surface area contributed by atoms with Gasteiger partial charge in [-0.15, -0.1) is 6.58 Å². The molecule has 4 aliphatic carbocycles. The zero-order valence-corrected chi connectivity index (χ0v) is 20.8. The average molecular weight is 399 g/mol. The quantitative estimate of drug-likeness (QED) is 0.415.